The summed E-state index contributed by atoms with van der Waals surface area (Å²) >= 11 is 0. The molecule has 1 aliphatic heterocycles. The summed E-state index contributed by atoms with van der Waals surface area (Å²) in [4.78, 5) is 38.2. The standard InChI is InChI=1S/C15H19N3O3/c1-10(19)18-7-6-11-8-12(4-5-13(11)18)15(21)17(3)9-14(20)16-2/h4-5,8H,6-7,9H2,1-3H3,(H,16,20). The Balaban J connectivity index is 2.18. The first kappa shape index (κ1) is 15.0. The van der Waals surface area contributed by atoms with E-state index >= 15 is 0 Å². The van der Waals surface area contributed by atoms with Crippen molar-refractivity contribution < 1.29 is 14.4 Å². The van der Waals surface area contributed by atoms with Gasteiger partial charge in [0.15, 0.2) is 0 Å². The summed E-state index contributed by atoms with van der Waals surface area (Å²) in [6.45, 7) is 2.20. The average Bonchev–Trinajstić information content (AvgIpc) is 2.89. The largest absolute Gasteiger partial charge is 0.358 e. The number of amides is 3. The second-order valence-corrected chi connectivity index (χ2v) is 5.10. The minimum absolute atomic E-state index is 0.00422. The van der Waals surface area contributed by atoms with Gasteiger partial charge in [0.2, 0.25) is 11.8 Å². The molecule has 0 atom stereocenters. The monoisotopic (exact) mass is 289 g/mol. The minimum atomic E-state index is -0.213. The van der Waals surface area contributed by atoms with Gasteiger partial charge < -0.3 is 15.1 Å². The molecule has 1 N–H and O–H groups in total. The number of anilines is 1. The molecule has 0 spiro atoms. The van der Waals surface area contributed by atoms with Gasteiger partial charge in [-0.2, -0.15) is 0 Å². The molecular formula is C15H19N3O3. The van der Waals surface area contributed by atoms with Gasteiger partial charge in [-0.25, -0.2) is 0 Å². The van der Waals surface area contributed by atoms with Crippen molar-refractivity contribution in [2.24, 2.45) is 0 Å². The summed E-state index contributed by atoms with van der Waals surface area (Å²) in [7, 11) is 3.12. The van der Waals surface area contributed by atoms with Crippen LogP contribution in [0.3, 0.4) is 0 Å². The van der Waals surface area contributed by atoms with Crippen LogP contribution < -0.4 is 10.2 Å². The van der Waals surface area contributed by atoms with Gasteiger partial charge in [0.05, 0.1) is 6.54 Å². The molecule has 1 aromatic carbocycles. The number of carbonyl (C=O) groups is 3. The van der Waals surface area contributed by atoms with Crippen molar-refractivity contribution in [1.29, 1.82) is 0 Å². The highest BCUT2D eigenvalue weighted by molar-refractivity contribution is 5.99. The van der Waals surface area contributed by atoms with Crippen molar-refractivity contribution in [3.63, 3.8) is 0 Å². The zero-order valence-corrected chi connectivity index (χ0v) is 12.5. The van der Waals surface area contributed by atoms with E-state index in [1.165, 1.54) is 18.9 Å². The number of likely N-dealkylation sites (N-methyl/N-ethyl adjacent to an activating group) is 2. The summed E-state index contributed by atoms with van der Waals surface area (Å²) in [6, 6.07) is 5.30. The van der Waals surface area contributed by atoms with E-state index < -0.39 is 0 Å². The molecule has 1 heterocycles. The average molecular weight is 289 g/mol. The Kier molecular flexibility index (Phi) is 4.26. The van der Waals surface area contributed by atoms with Crippen molar-refractivity contribution in [3.8, 4) is 0 Å². The highest BCUT2D eigenvalue weighted by Crippen LogP contribution is 2.29. The third-order valence-corrected chi connectivity index (χ3v) is 3.61. The molecule has 0 unspecified atom stereocenters. The molecule has 3 amide bonds. The third-order valence-electron chi connectivity index (χ3n) is 3.61. The lowest BCUT2D eigenvalue weighted by Gasteiger charge is -2.18. The molecule has 0 saturated heterocycles. The van der Waals surface area contributed by atoms with Crippen LogP contribution in [-0.4, -0.2) is 49.8 Å². The third kappa shape index (κ3) is 3.04. The number of nitrogens with zero attached hydrogens (tertiary/aromatic N) is 2. The van der Waals surface area contributed by atoms with Gasteiger partial charge in [0.1, 0.15) is 0 Å². The smallest absolute Gasteiger partial charge is 0.254 e. The van der Waals surface area contributed by atoms with Crippen molar-refractivity contribution >= 4 is 23.4 Å². The summed E-state index contributed by atoms with van der Waals surface area (Å²) in [5, 5.41) is 2.49. The number of hydrogen-bond acceptors (Lipinski definition) is 3. The fourth-order valence-electron chi connectivity index (χ4n) is 2.45. The van der Waals surface area contributed by atoms with Crippen molar-refractivity contribution in [2.45, 2.75) is 13.3 Å². The molecular weight excluding hydrogens is 270 g/mol. The van der Waals surface area contributed by atoms with E-state index in [1.54, 1.807) is 30.1 Å². The van der Waals surface area contributed by atoms with Crippen LogP contribution in [0.2, 0.25) is 0 Å². The summed E-state index contributed by atoms with van der Waals surface area (Å²) < 4.78 is 0. The fraction of sp³-hybridized carbons (Fsp3) is 0.400. The van der Waals surface area contributed by atoms with E-state index in [0.717, 1.165) is 17.7 Å². The highest BCUT2D eigenvalue weighted by atomic mass is 16.2. The summed E-state index contributed by atoms with van der Waals surface area (Å²) in [5.74, 6) is -0.415. The van der Waals surface area contributed by atoms with Crippen molar-refractivity contribution in [3.05, 3.63) is 29.3 Å². The van der Waals surface area contributed by atoms with Crippen molar-refractivity contribution in [1.82, 2.24) is 10.2 Å². The van der Waals surface area contributed by atoms with Crippen LogP contribution in [0, 0.1) is 0 Å². The predicted octanol–water partition coefficient (Wildman–Crippen LogP) is 0.414. The molecule has 0 saturated carbocycles. The molecule has 6 nitrogen and oxygen atoms in total. The van der Waals surface area contributed by atoms with Gasteiger partial charge in [-0.05, 0) is 30.2 Å². The Bertz CT molecular complexity index is 598. The number of rotatable bonds is 3. The van der Waals surface area contributed by atoms with Gasteiger partial charge >= 0.3 is 0 Å². The van der Waals surface area contributed by atoms with E-state index in [2.05, 4.69) is 5.32 Å². The normalized spacial score (nSPS) is 12.8. The zero-order valence-electron chi connectivity index (χ0n) is 12.5. The van der Waals surface area contributed by atoms with Gasteiger partial charge in [-0.1, -0.05) is 0 Å². The van der Waals surface area contributed by atoms with Crippen LogP contribution in [0.25, 0.3) is 0 Å². The zero-order chi connectivity index (χ0) is 15.6. The van der Waals surface area contributed by atoms with E-state index in [9.17, 15) is 14.4 Å². The Hall–Kier alpha value is -2.37. The molecule has 0 aromatic heterocycles. The first-order valence-electron chi connectivity index (χ1n) is 6.81. The lowest BCUT2D eigenvalue weighted by Crippen LogP contribution is -2.36. The number of benzene rings is 1. The van der Waals surface area contributed by atoms with Gasteiger partial charge in [-0.15, -0.1) is 0 Å². The maximum absolute atomic E-state index is 12.3. The van der Waals surface area contributed by atoms with Crippen LogP contribution >= 0.6 is 0 Å². The quantitative estimate of drug-likeness (QED) is 0.876. The molecule has 21 heavy (non-hydrogen) atoms. The molecule has 0 bridgehead atoms. The molecule has 1 aromatic rings. The maximum atomic E-state index is 12.3. The number of hydrogen-bond donors (Lipinski definition) is 1. The Labute approximate surface area is 123 Å². The highest BCUT2D eigenvalue weighted by Gasteiger charge is 2.24. The summed E-state index contributed by atoms with van der Waals surface area (Å²) in [5.41, 5.74) is 2.39. The molecule has 112 valence electrons. The van der Waals surface area contributed by atoms with Crippen LogP contribution in [0.4, 0.5) is 5.69 Å². The van der Waals surface area contributed by atoms with Gasteiger partial charge in [-0.3, -0.25) is 14.4 Å². The van der Waals surface area contributed by atoms with Crippen LogP contribution in [0.15, 0.2) is 18.2 Å². The SMILES string of the molecule is CNC(=O)CN(C)C(=O)c1ccc2c(c1)CCN2C(C)=O. The predicted molar refractivity (Wildman–Crippen MR) is 79.2 cm³/mol. The van der Waals surface area contributed by atoms with E-state index in [1.807, 2.05) is 0 Å². The molecule has 0 radical (unpaired) electrons. The second kappa shape index (κ2) is 5.95. The lowest BCUT2D eigenvalue weighted by atomic mass is 10.1. The van der Waals surface area contributed by atoms with Crippen LogP contribution in [0.1, 0.15) is 22.8 Å². The van der Waals surface area contributed by atoms with E-state index in [-0.39, 0.29) is 24.3 Å². The van der Waals surface area contributed by atoms with Gasteiger partial charge in [0, 0.05) is 38.8 Å². The molecule has 1 aliphatic rings. The van der Waals surface area contributed by atoms with Crippen LogP contribution in [-0.2, 0) is 16.0 Å². The fourth-order valence-corrected chi connectivity index (χ4v) is 2.45. The van der Waals surface area contributed by atoms with E-state index in [0.29, 0.717) is 12.1 Å². The Morgan fingerprint density at radius 1 is 1.33 bits per heavy atom. The number of carbonyl (C=O) groups excluding carboxylic acids is 3. The molecule has 6 heteroatoms. The molecule has 0 aliphatic carbocycles. The van der Waals surface area contributed by atoms with Crippen molar-refractivity contribution in [2.75, 3.05) is 32.1 Å². The topological polar surface area (TPSA) is 69.7 Å². The minimum Gasteiger partial charge on any atom is -0.358 e. The first-order valence-corrected chi connectivity index (χ1v) is 6.81. The first-order chi connectivity index (χ1) is 9.93. The lowest BCUT2D eigenvalue weighted by molar-refractivity contribution is -0.121. The molecule has 2 rings (SSSR count). The molecule has 0 fully saturated rings. The number of nitrogens with one attached hydrogen (secondary N) is 1. The number of fused-ring (bicyclic) bond motifs is 1. The van der Waals surface area contributed by atoms with E-state index in [4.69, 9.17) is 0 Å². The second-order valence-electron chi connectivity index (χ2n) is 5.10. The maximum Gasteiger partial charge on any atom is 0.254 e. The summed E-state index contributed by atoms with van der Waals surface area (Å²) in [6.07, 6.45) is 0.745. The van der Waals surface area contributed by atoms with Crippen LogP contribution in [0.5, 0.6) is 0 Å². The Morgan fingerprint density at radius 2 is 2.05 bits per heavy atom. The van der Waals surface area contributed by atoms with Gasteiger partial charge in [0.25, 0.3) is 5.91 Å². The Morgan fingerprint density at radius 3 is 2.67 bits per heavy atom.